The Hall–Kier alpha value is -2.71. The Morgan fingerprint density at radius 2 is 2.10 bits per heavy atom. The molecule has 0 aliphatic heterocycles. The molecule has 21 heavy (non-hydrogen) atoms. The summed E-state index contributed by atoms with van der Waals surface area (Å²) in [6, 6.07) is 13.5. The molecule has 2 aromatic carbocycles. The van der Waals surface area contributed by atoms with E-state index in [0.717, 1.165) is 0 Å². The summed E-state index contributed by atoms with van der Waals surface area (Å²) in [5, 5.41) is 11.8. The fraction of sp³-hybridized carbons (Fsp3) is 0.0667. The Morgan fingerprint density at radius 1 is 1.33 bits per heavy atom. The number of nitrogens with one attached hydrogen (secondary N) is 1. The fourth-order valence-electron chi connectivity index (χ4n) is 1.63. The van der Waals surface area contributed by atoms with Gasteiger partial charge < -0.3 is 15.8 Å². The maximum Gasteiger partial charge on any atom is 0.262 e. The number of nitrogen functional groups attached to an aromatic ring is 1. The highest BCUT2D eigenvalue weighted by molar-refractivity contribution is 6.33. The van der Waals surface area contributed by atoms with Gasteiger partial charge in [0.1, 0.15) is 5.75 Å². The van der Waals surface area contributed by atoms with Crippen molar-refractivity contribution >= 4 is 28.9 Å². The number of carbonyl (C=O) groups is 1. The third-order valence-corrected chi connectivity index (χ3v) is 2.98. The standard InChI is InChI=1S/C15H12ClN3O2/c16-11-6-5-10(8-17)7-13(11)19-15(20)9-21-14-4-2-1-3-12(14)18/h1-7H,9,18H2,(H,19,20). The molecule has 6 heteroatoms. The average Bonchev–Trinajstić information content (AvgIpc) is 2.48. The van der Waals surface area contributed by atoms with Crippen molar-refractivity contribution in [2.75, 3.05) is 17.7 Å². The maximum atomic E-state index is 11.8. The number of halogens is 1. The van der Waals surface area contributed by atoms with Crippen LogP contribution in [0.2, 0.25) is 5.02 Å². The number of nitrogens with zero attached hydrogens (tertiary/aromatic N) is 1. The molecule has 0 spiro atoms. The van der Waals surface area contributed by atoms with Crippen LogP contribution < -0.4 is 15.8 Å². The second-order valence-corrected chi connectivity index (χ2v) is 4.59. The van der Waals surface area contributed by atoms with Gasteiger partial charge in [0, 0.05) is 0 Å². The summed E-state index contributed by atoms with van der Waals surface area (Å²) in [7, 11) is 0. The SMILES string of the molecule is N#Cc1ccc(Cl)c(NC(=O)COc2ccccc2N)c1. The molecule has 106 valence electrons. The predicted molar refractivity (Wildman–Crippen MR) is 81.1 cm³/mol. The largest absolute Gasteiger partial charge is 0.482 e. The molecular formula is C15H12ClN3O2. The van der Waals surface area contributed by atoms with Crippen LogP contribution in [0.5, 0.6) is 5.75 Å². The lowest BCUT2D eigenvalue weighted by Crippen LogP contribution is -2.20. The zero-order valence-corrected chi connectivity index (χ0v) is 11.7. The Morgan fingerprint density at radius 3 is 2.81 bits per heavy atom. The van der Waals surface area contributed by atoms with Crippen molar-refractivity contribution in [1.82, 2.24) is 0 Å². The van der Waals surface area contributed by atoms with Crippen LogP contribution >= 0.6 is 11.6 Å². The van der Waals surface area contributed by atoms with Crippen LogP contribution in [-0.2, 0) is 4.79 Å². The first kappa shape index (κ1) is 14.7. The normalized spacial score (nSPS) is 9.71. The number of amides is 1. The van der Waals surface area contributed by atoms with Crippen molar-refractivity contribution in [2.45, 2.75) is 0 Å². The highest BCUT2D eigenvalue weighted by Crippen LogP contribution is 2.23. The molecule has 0 fully saturated rings. The maximum absolute atomic E-state index is 11.8. The topological polar surface area (TPSA) is 88.1 Å². The van der Waals surface area contributed by atoms with E-state index in [1.165, 1.54) is 6.07 Å². The van der Waals surface area contributed by atoms with Crippen LogP contribution in [0.1, 0.15) is 5.56 Å². The zero-order valence-electron chi connectivity index (χ0n) is 11.0. The van der Waals surface area contributed by atoms with Crippen LogP contribution in [0.3, 0.4) is 0 Å². The molecule has 2 aromatic rings. The van der Waals surface area contributed by atoms with E-state index in [4.69, 9.17) is 27.3 Å². The number of nitriles is 1. The molecular weight excluding hydrogens is 290 g/mol. The minimum atomic E-state index is -0.393. The van der Waals surface area contributed by atoms with E-state index in [1.807, 2.05) is 6.07 Å². The summed E-state index contributed by atoms with van der Waals surface area (Å²) in [6.45, 7) is -0.207. The predicted octanol–water partition coefficient (Wildman–Crippen LogP) is 2.81. The Bertz CT molecular complexity index is 710. The van der Waals surface area contributed by atoms with Gasteiger partial charge in [-0.1, -0.05) is 23.7 Å². The number of ether oxygens (including phenoxy) is 1. The molecule has 0 saturated heterocycles. The first-order valence-corrected chi connectivity index (χ1v) is 6.45. The first-order chi connectivity index (χ1) is 10.1. The number of hydrogen-bond donors (Lipinski definition) is 2. The molecule has 0 saturated carbocycles. The van der Waals surface area contributed by atoms with Crippen LogP contribution in [0.15, 0.2) is 42.5 Å². The lowest BCUT2D eigenvalue weighted by Gasteiger charge is -2.10. The van der Waals surface area contributed by atoms with Crippen molar-refractivity contribution in [1.29, 1.82) is 5.26 Å². The Kier molecular flexibility index (Phi) is 4.64. The van der Waals surface area contributed by atoms with E-state index in [2.05, 4.69) is 5.32 Å². The molecule has 2 rings (SSSR count). The number of carbonyl (C=O) groups excluding carboxylic acids is 1. The average molecular weight is 302 g/mol. The highest BCUT2D eigenvalue weighted by Gasteiger charge is 2.08. The quantitative estimate of drug-likeness (QED) is 0.850. The van der Waals surface area contributed by atoms with Gasteiger partial charge in [-0.15, -0.1) is 0 Å². The van der Waals surface area contributed by atoms with Crippen LogP contribution in [0.4, 0.5) is 11.4 Å². The fourth-order valence-corrected chi connectivity index (χ4v) is 1.80. The minimum absolute atomic E-state index is 0.207. The Labute approximate surface area is 126 Å². The van der Waals surface area contributed by atoms with Gasteiger partial charge in [0.15, 0.2) is 6.61 Å². The van der Waals surface area contributed by atoms with Crippen molar-refractivity contribution < 1.29 is 9.53 Å². The van der Waals surface area contributed by atoms with Gasteiger partial charge in [0.2, 0.25) is 0 Å². The molecule has 0 aliphatic carbocycles. The summed E-state index contributed by atoms with van der Waals surface area (Å²) in [5.41, 5.74) is 6.93. The van der Waals surface area contributed by atoms with Gasteiger partial charge in [-0.05, 0) is 30.3 Å². The summed E-state index contributed by atoms with van der Waals surface area (Å²) < 4.78 is 5.32. The lowest BCUT2D eigenvalue weighted by atomic mass is 10.2. The van der Waals surface area contributed by atoms with Gasteiger partial charge in [0.05, 0.1) is 28.0 Å². The molecule has 0 heterocycles. The van der Waals surface area contributed by atoms with Crippen molar-refractivity contribution in [3.8, 4) is 11.8 Å². The second kappa shape index (κ2) is 6.64. The van der Waals surface area contributed by atoms with Crippen molar-refractivity contribution in [2.24, 2.45) is 0 Å². The van der Waals surface area contributed by atoms with Crippen LogP contribution in [-0.4, -0.2) is 12.5 Å². The highest BCUT2D eigenvalue weighted by atomic mass is 35.5. The smallest absolute Gasteiger partial charge is 0.262 e. The number of rotatable bonds is 4. The van der Waals surface area contributed by atoms with E-state index < -0.39 is 5.91 Å². The number of benzene rings is 2. The van der Waals surface area contributed by atoms with E-state index in [-0.39, 0.29) is 6.61 Å². The second-order valence-electron chi connectivity index (χ2n) is 4.18. The van der Waals surface area contributed by atoms with Crippen molar-refractivity contribution in [3.05, 3.63) is 53.1 Å². The van der Waals surface area contributed by atoms with E-state index in [1.54, 1.807) is 36.4 Å². The van der Waals surface area contributed by atoms with Crippen LogP contribution in [0, 0.1) is 11.3 Å². The molecule has 0 aromatic heterocycles. The number of hydrogen-bond acceptors (Lipinski definition) is 4. The van der Waals surface area contributed by atoms with Gasteiger partial charge in [0.25, 0.3) is 5.91 Å². The third-order valence-electron chi connectivity index (χ3n) is 2.65. The van der Waals surface area contributed by atoms with E-state index >= 15 is 0 Å². The third kappa shape index (κ3) is 3.88. The van der Waals surface area contributed by atoms with Crippen molar-refractivity contribution in [3.63, 3.8) is 0 Å². The molecule has 1 amide bonds. The molecule has 0 radical (unpaired) electrons. The first-order valence-electron chi connectivity index (χ1n) is 6.07. The zero-order chi connectivity index (χ0) is 15.2. The molecule has 0 atom stereocenters. The number of nitrogens with two attached hydrogens (primary N) is 1. The molecule has 0 unspecified atom stereocenters. The summed E-state index contributed by atoms with van der Waals surface area (Å²) in [5.74, 6) is 0.0414. The lowest BCUT2D eigenvalue weighted by molar-refractivity contribution is -0.118. The molecule has 5 nitrogen and oxygen atoms in total. The van der Waals surface area contributed by atoms with Gasteiger partial charge in [-0.25, -0.2) is 0 Å². The number of para-hydroxylation sites is 2. The summed E-state index contributed by atoms with van der Waals surface area (Å²) in [6.07, 6.45) is 0. The van der Waals surface area contributed by atoms with Gasteiger partial charge >= 0.3 is 0 Å². The summed E-state index contributed by atoms with van der Waals surface area (Å²) >= 11 is 5.95. The van der Waals surface area contributed by atoms with E-state index in [9.17, 15) is 4.79 Å². The molecule has 3 N–H and O–H groups in total. The summed E-state index contributed by atoms with van der Waals surface area (Å²) in [4.78, 5) is 11.8. The minimum Gasteiger partial charge on any atom is -0.482 e. The molecule has 0 bridgehead atoms. The van der Waals surface area contributed by atoms with Gasteiger partial charge in [-0.2, -0.15) is 5.26 Å². The molecule has 0 aliphatic rings. The Balaban J connectivity index is 2.00. The monoisotopic (exact) mass is 301 g/mol. The number of anilines is 2. The van der Waals surface area contributed by atoms with Crippen LogP contribution in [0.25, 0.3) is 0 Å². The van der Waals surface area contributed by atoms with Gasteiger partial charge in [-0.3, -0.25) is 4.79 Å². The van der Waals surface area contributed by atoms with E-state index in [0.29, 0.717) is 27.7 Å².